The largest absolute Gasteiger partial charge is 0.463 e. The predicted molar refractivity (Wildman–Crippen MR) is 85.2 cm³/mol. The SMILES string of the molecule is CCOC(=O)C1=C(C(F)(F)F)Nc2n[nH]cc2C1c1ccc(Cl)cc1. The topological polar surface area (TPSA) is 67.0 Å². The maximum absolute atomic E-state index is 13.6. The molecule has 5 nitrogen and oxygen atoms in total. The maximum Gasteiger partial charge on any atom is 0.431 e. The van der Waals surface area contributed by atoms with E-state index in [0.29, 0.717) is 16.1 Å². The van der Waals surface area contributed by atoms with E-state index in [-0.39, 0.29) is 12.4 Å². The lowest BCUT2D eigenvalue weighted by Gasteiger charge is -2.29. The number of alkyl halides is 3. The van der Waals surface area contributed by atoms with E-state index >= 15 is 0 Å². The minimum Gasteiger partial charge on any atom is -0.463 e. The van der Waals surface area contributed by atoms with Crippen LogP contribution >= 0.6 is 11.6 Å². The van der Waals surface area contributed by atoms with Crippen molar-refractivity contribution >= 4 is 23.4 Å². The van der Waals surface area contributed by atoms with Gasteiger partial charge in [0.25, 0.3) is 0 Å². The van der Waals surface area contributed by atoms with Crippen molar-refractivity contribution in [2.75, 3.05) is 11.9 Å². The standard InChI is InChI=1S/C16H13ClF3N3O2/c1-2-25-15(24)12-11(8-3-5-9(17)6-4-8)10-7-21-23-14(10)22-13(12)16(18,19)20/h3-7,11H,2H2,1H3,(H2,21,22,23). The first-order chi connectivity index (χ1) is 11.8. The van der Waals surface area contributed by atoms with E-state index in [2.05, 4.69) is 15.5 Å². The number of allylic oxidation sites excluding steroid dienone is 1. The molecule has 9 heteroatoms. The summed E-state index contributed by atoms with van der Waals surface area (Å²) < 4.78 is 45.6. The molecule has 0 saturated heterocycles. The molecule has 0 saturated carbocycles. The minimum atomic E-state index is -4.77. The molecule has 132 valence electrons. The highest BCUT2D eigenvalue weighted by molar-refractivity contribution is 6.30. The van der Waals surface area contributed by atoms with Gasteiger partial charge in [-0.25, -0.2) is 4.79 Å². The predicted octanol–water partition coefficient (Wildman–Crippen LogP) is 4.00. The number of carbonyl (C=O) groups excluding carboxylic acids is 1. The highest BCUT2D eigenvalue weighted by Crippen LogP contribution is 2.45. The molecule has 2 N–H and O–H groups in total. The average molecular weight is 372 g/mol. The van der Waals surface area contributed by atoms with Crippen LogP contribution in [-0.2, 0) is 9.53 Å². The smallest absolute Gasteiger partial charge is 0.431 e. The van der Waals surface area contributed by atoms with Crippen LogP contribution in [0.1, 0.15) is 24.0 Å². The molecule has 1 aromatic carbocycles. The zero-order valence-electron chi connectivity index (χ0n) is 12.9. The van der Waals surface area contributed by atoms with Crippen molar-refractivity contribution in [2.24, 2.45) is 0 Å². The van der Waals surface area contributed by atoms with Crippen LogP contribution in [0.25, 0.3) is 0 Å². The fraction of sp³-hybridized carbons (Fsp3) is 0.250. The summed E-state index contributed by atoms with van der Waals surface area (Å²) in [6, 6.07) is 6.24. The second-order valence-electron chi connectivity index (χ2n) is 5.31. The fourth-order valence-corrected chi connectivity index (χ4v) is 2.88. The Morgan fingerprint density at radius 1 is 1.32 bits per heavy atom. The monoisotopic (exact) mass is 371 g/mol. The number of nitrogens with zero attached hydrogens (tertiary/aromatic N) is 1. The van der Waals surface area contributed by atoms with Crippen molar-refractivity contribution in [3.05, 3.63) is 57.9 Å². The highest BCUT2D eigenvalue weighted by atomic mass is 35.5. The van der Waals surface area contributed by atoms with Crippen LogP contribution in [0.2, 0.25) is 5.02 Å². The Balaban J connectivity index is 2.24. The van der Waals surface area contributed by atoms with E-state index < -0.39 is 29.3 Å². The lowest BCUT2D eigenvalue weighted by Crippen LogP contribution is -2.32. The van der Waals surface area contributed by atoms with Gasteiger partial charge in [0.1, 0.15) is 5.70 Å². The molecule has 3 rings (SSSR count). The van der Waals surface area contributed by atoms with Crippen molar-refractivity contribution in [3.63, 3.8) is 0 Å². The summed E-state index contributed by atoms with van der Waals surface area (Å²) >= 11 is 5.87. The van der Waals surface area contributed by atoms with E-state index in [1.165, 1.54) is 13.1 Å². The van der Waals surface area contributed by atoms with Crippen LogP contribution in [0, 0.1) is 0 Å². The van der Waals surface area contributed by atoms with Crippen LogP contribution in [0.3, 0.4) is 0 Å². The second kappa shape index (κ2) is 6.44. The number of aromatic nitrogens is 2. The maximum atomic E-state index is 13.6. The van der Waals surface area contributed by atoms with Gasteiger partial charge in [0, 0.05) is 22.7 Å². The number of rotatable bonds is 3. The number of carbonyl (C=O) groups is 1. The third-order valence-corrected chi connectivity index (χ3v) is 4.02. The van der Waals surface area contributed by atoms with Gasteiger partial charge in [-0.1, -0.05) is 23.7 Å². The average Bonchev–Trinajstić information content (AvgIpc) is 3.01. The number of halogens is 4. The number of anilines is 1. The number of ether oxygens (including phenoxy) is 1. The van der Waals surface area contributed by atoms with Crippen LogP contribution in [-0.4, -0.2) is 28.9 Å². The zero-order chi connectivity index (χ0) is 18.2. The summed E-state index contributed by atoms with van der Waals surface area (Å²) in [6.45, 7) is 1.49. The van der Waals surface area contributed by atoms with E-state index in [1.54, 1.807) is 24.3 Å². The molecule has 2 aromatic rings. The summed E-state index contributed by atoms with van der Waals surface area (Å²) in [5, 5.41) is 8.97. The van der Waals surface area contributed by atoms with E-state index in [0.717, 1.165) is 0 Å². The van der Waals surface area contributed by atoms with Crippen LogP contribution < -0.4 is 5.32 Å². The second-order valence-corrected chi connectivity index (χ2v) is 5.74. The number of hydrogen-bond acceptors (Lipinski definition) is 4. The number of esters is 1. The van der Waals surface area contributed by atoms with Crippen LogP contribution in [0.5, 0.6) is 0 Å². The molecular weight excluding hydrogens is 359 g/mol. The van der Waals surface area contributed by atoms with Crippen molar-refractivity contribution in [3.8, 4) is 0 Å². The lowest BCUT2D eigenvalue weighted by atomic mass is 9.82. The summed E-state index contributed by atoms with van der Waals surface area (Å²) in [5.41, 5.74) is -0.798. The molecule has 1 aliphatic rings. The van der Waals surface area contributed by atoms with Gasteiger partial charge >= 0.3 is 12.1 Å². The molecule has 1 atom stereocenters. The van der Waals surface area contributed by atoms with Crippen molar-refractivity contribution < 1.29 is 22.7 Å². The number of H-pyrrole nitrogens is 1. The third-order valence-electron chi connectivity index (χ3n) is 3.76. The Kier molecular flexibility index (Phi) is 4.47. The summed E-state index contributed by atoms with van der Waals surface area (Å²) in [5.74, 6) is -2.00. The van der Waals surface area contributed by atoms with Crippen LogP contribution in [0.4, 0.5) is 19.0 Å². The number of benzene rings is 1. The molecule has 25 heavy (non-hydrogen) atoms. The summed E-state index contributed by atoms with van der Waals surface area (Å²) in [7, 11) is 0. The molecule has 0 aliphatic carbocycles. The number of hydrogen-bond donors (Lipinski definition) is 2. The highest BCUT2D eigenvalue weighted by Gasteiger charge is 2.46. The Hall–Kier alpha value is -2.48. The Bertz CT molecular complexity index is 828. The van der Waals surface area contributed by atoms with Gasteiger partial charge < -0.3 is 10.1 Å². The van der Waals surface area contributed by atoms with Crippen LogP contribution in [0.15, 0.2) is 41.7 Å². The van der Waals surface area contributed by atoms with Gasteiger partial charge in [-0.05, 0) is 24.6 Å². The Morgan fingerprint density at radius 3 is 2.60 bits per heavy atom. The van der Waals surface area contributed by atoms with E-state index in [1.807, 2.05) is 0 Å². The molecule has 0 spiro atoms. The van der Waals surface area contributed by atoms with Crippen molar-refractivity contribution in [2.45, 2.75) is 19.0 Å². The quantitative estimate of drug-likeness (QED) is 0.800. The summed E-state index contributed by atoms with van der Waals surface area (Å²) in [4.78, 5) is 12.4. The number of nitrogens with one attached hydrogen (secondary N) is 2. The number of aromatic amines is 1. The molecule has 0 bridgehead atoms. The van der Waals surface area contributed by atoms with Crippen molar-refractivity contribution in [1.29, 1.82) is 0 Å². The number of fused-ring (bicyclic) bond motifs is 1. The van der Waals surface area contributed by atoms with Gasteiger partial charge in [0.05, 0.1) is 12.2 Å². The van der Waals surface area contributed by atoms with E-state index in [4.69, 9.17) is 16.3 Å². The first-order valence-electron chi connectivity index (χ1n) is 7.37. The van der Waals surface area contributed by atoms with Crippen molar-refractivity contribution in [1.82, 2.24) is 10.2 Å². The lowest BCUT2D eigenvalue weighted by molar-refractivity contribution is -0.140. The van der Waals surface area contributed by atoms with E-state index in [9.17, 15) is 18.0 Å². The third kappa shape index (κ3) is 3.21. The van der Waals surface area contributed by atoms with Gasteiger partial charge in [0.2, 0.25) is 0 Å². The van der Waals surface area contributed by atoms with Gasteiger partial charge in [-0.15, -0.1) is 0 Å². The Morgan fingerprint density at radius 2 is 2.00 bits per heavy atom. The van der Waals surface area contributed by atoms with Gasteiger partial charge in [0.15, 0.2) is 5.82 Å². The summed E-state index contributed by atoms with van der Waals surface area (Å²) in [6.07, 6.45) is -3.32. The normalized spacial score (nSPS) is 17.1. The molecule has 1 aromatic heterocycles. The molecule has 2 heterocycles. The van der Waals surface area contributed by atoms with Gasteiger partial charge in [-0.2, -0.15) is 18.3 Å². The Labute approximate surface area is 145 Å². The molecule has 1 aliphatic heterocycles. The minimum absolute atomic E-state index is 0.0142. The zero-order valence-corrected chi connectivity index (χ0v) is 13.7. The van der Waals surface area contributed by atoms with Gasteiger partial charge in [-0.3, -0.25) is 5.10 Å². The molecule has 1 unspecified atom stereocenters. The first-order valence-corrected chi connectivity index (χ1v) is 7.75. The molecule has 0 radical (unpaired) electrons. The fourth-order valence-electron chi connectivity index (χ4n) is 2.76. The molecule has 0 amide bonds. The molecular formula is C16H13ClF3N3O2. The molecule has 0 fully saturated rings. The first kappa shape index (κ1) is 17.3.